The van der Waals surface area contributed by atoms with Crippen LogP contribution in [0.5, 0.6) is 0 Å². The molecule has 2 atom stereocenters. The molecule has 2 nitrogen and oxygen atoms in total. The quantitative estimate of drug-likeness (QED) is 0.601. The fourth-order valence-electron chi connectivity index (χ4n) is 2.57. The molecule has 0 radical (unpaired) electrons. The molecule has 1 N–H and O–H groups in total. The van der Waals surface area contributed by atoms with Crippen molar-refractivity contribution in [3.63, 3.8) is 0 Å². The molecule has 2 unspecified atom stereocenters. The molecule has 1 saturated heterocycles. The molecule has 2 fully saturated rings. The molecule has 0 amide bonds. The van der Waals surface area contributed by atoms with Crippen LogP contribution in [0.25, 0.3) is 0 Å². The summed E-state index contributed by atoms with van der Waals surface area (Å²) in [6.07, 6.45) is 7.69. The van der Waals surface area contributed by atoms with E-state index in [0.29, 0.717) is 0 Å². The van der Waals surface area contributed by atoms with Gasteiger partial charge in [-0.3, -0.25) is 0 Å². The first-order chi connectivity index (χ1) is 5.81. The fraction of sp³-hybridized carbons (Fsp3) is 1.00. The third-order valence-electron chi connectivity index (χ3n) is 3.21. The molecule has 0 bridgehead atoms. The van der Waals surface area contributed by atoms with Crippen LogP contribution < -0.4 is 0 Å². The van der Waals surface area contributed by atoms with E-state index in [2.05, 4.69) is 0 Å². The Morgan fingerprint density at radius 1 is 1.17 bits per heavy atom. The second-order valence-corrected chi connectivity index (χ2v) is 4.24. The van der Waals surface area contributed by atoms with Crippen molar-refractivity contribution in [2.45, 2.75) is 56.7 Å². The van der Waals surface area contributed by atoms with Crippen molar-refractivity contribution in [1.29, 1.82) is 0 Å². The van der Waals surface area contributed by atoms with Crippen LogP contribution in [0, 0.1) is 0 Å². The zero-order valence-corrected chi connectivity index (χ0v) is 7.59. The summed E-state index contributed by atoms with van der Waals surface area (Å²) >= 11 is 0. The van der Waals surface area contributed by atoms with Crippen LogP contribution in [-0.4, -0.2) is 23.4 Å². The summed E-state index contributed by atoms with van der Waals surface area (Å²) in [4.78, 5) is 0. The van der Waals surface area contributed by atoms with Gasteiger partial charge in [-0.1, -0.05) is 12.8 Å². The Balaban J connectivity index is 2.02. The predicted molar refractivity (Wildman–Crippen MR) is 47.0 cm³/mol. The van der Waals surface area contributed by atoms with Gasteiger partial charge in [0.05, 0.1) is 11.7 Å². The van der Waals surface area contributed by atoms with Gasteiger partial charge in [-0.05, 0) is 25.7 Å². The van der Waals surface area contributed by atoms with Gasteiger partial charge in [0.1, 0.15) is 0 Å². The minimum absolute atomic E-state index is 0.0793. The van der Waals surface area contributed by atoms with Crippen molar-refractivity contribution < 1.29 is 9.84 Å². The summed E-state index contributed by atoms with van der Waals surface area (Å²) in [5.74, 6) is 0. The van der Waals surface area contributed by atoms with Crippen molar-refractivity contribution >= 4 is 0 Å². The lowest BCUT2D eigenvalue weighted by molar-refractivity contribution is -0.0328. The first kappa shape index (κ1) is 8.52. The summed E-state index contributed by atoms with van der Waals surface area (Å²) in [5, 5.41) is 9.63. The van der Waals surface area contributed by atoms with Gasteiger partial charge >= 0.3 is 0 Å². The number of rotatable bonds is 0. The Kier molecular flexibility index (Phi) is 2.37. The Bertz CT molecular complexity index is 150. The van der Waals surface area contributed by atoms with Gasteiger partial charge in [0, 0.05) is 13.0 Å². The molecule has 1 saturated carbocycles. The van der Waals surface area contributed by atoms with Crippen molar-refractivity contribution in [2.75, 3.05) is 6.61 Å². The first-order valence-corrected chi connectivity index (χ1v) is 5.13. The van der Waals surface area contributed by atoms with E-state index in [9.17, 15) is 5.11 Å². The van der Waals surface area contributed by atoms with Crippen LogP contribution in [0.3, 0.4) is 0 Å². The fourth-order valence-corrected chi connectivity index (χ4v) is 2.57. The smallest absolute Gasteiger partial charge is 0.0708 e. The number of hydrogen-bond donors (Lipinski definition) is 1. The Hall–Kier alpha value is -0.0800. The summed E-state index contributed by atoms with van der Waals surface area (Å²) in [5.41, 5.74) is 0.0793. The van der Waals surface area contributed by atoms with Crippen LogP contribution >= 0.6 is 0 Å². The lowest BCUT2D eigenvalue weighted by Gasteiger charge is -2.27. The molecule has 70 valence electrons. The van der Waals surface area contributed by atoms with Gasteiger partial charge in [0.2, 0.25) is 0 Å². The molecule has 1 heterocycles. The largest absolute Gasteiger partial charge is 0.393 e. The molecule has 2 rings (SSSR count). The highest BCUT2D eigenvalue weighted by Crippen LogP contribution is 2.38. The zero-order chi connectivity index (χ0) is 8.44. The molecule has 1 spiro atoms. The molecular weight excluding hydrogens is 152 g/mol. The normalized spacial score (nSPS) is 43.2. The van der Waals surface area contributed by atoms with E-state index in [0.717, 1.165) is 19.4 Å². The minimum Gasteiger partial charge on any atom is -0.393 e. The maximum Gasteiger partial charge on any atom is 0.0708 e. The summed E-state index contributed by atoms with van der Waals surface area (Å²) in [6, 6.07) is 0. The summed E-state index contributed by atoms with van der Waals surface area (Å²) in [6.45, 7) is 0.909. The second-order valence-electron chi connectivity index (χ2n) is 4.24. The molecule has 0 aromatic heterocycles. The van der Waals surface area contributed by atoms with Crippen molar-refractivity contribution in [2.24, 2.45) is 0 Å². The number of hydrogen-bond acceptors (Lipinski definition) is 2. The Labute approximate surface area is 73.9 Å². The lowest BCUT2D eigenvalue weighted by Crippen LogP contribution is -2.30. The molecule has 1 aliphatic carbocycles. The zero-order valence-electron chi connectivity index (χ0n) is 7.59. The summed E-state index contributed by atoms with van der Waals surface area (Å²) in [7, 11) is 0. The molecule has 2 heteroatoms. The van der Waals surface area contributed by atoms with E-state index < -0.39 is 0 Å². The van der Waals surface area contributed by atoms with Crippen molar-refractivity contribution in [1.82, 2.24) is 0 Å². The van der Waals surface area contributed by atoms with Crippen LogP contribution in [0.4, 0.5) is 0 Å². The highest BCUT2D eigenvalue weighted by atomic mass is 16.5. The van der Waals surface area contributed by atoms with E-state index in [1.807, 2.05) is 0 Å². The van der Waals surface area contributed by atoms with Gasteiger partial charge in [-0.15, -0.1) is 0 Å². The average molecular weight is 170 g/mol. The molecule has 2 aliphatic rings. The van der Waals surface area contributed by atoms with E-state index >= 15 is 0 Å². The predicted octanol–water partition coefficient (Wildman–Crippen LogP) is 1.86. The number of aliphatic hydroxyl groups is 1. The number of ether oxygens (including phenoxy) is 1. The second kappa shape index (κ2) is 3.35. The monoisotopic (exact) mass is 170 g/mol. The molecule has 0 aromatic carbocycles. The maximum atomic E-state index is 9.63. The first-order valence-electron chi connectivity index (χ1n) is 5.13. The average Bonchev–Trinajstić information content (AvgIpc) is 2.39. The molecule has 12 heavy (non-hydrogen) atoms. The van der Waals surface area contributed by atoms with Crippen LogP contribution in [0.1, 0.15) is 44.9 Å². The standard InChI is InChI=1S/C10H18O2/c11-9-4-1-2-5-10(8-9)6-3-7-12-10/h9,11H,1-8H2. The Morgan fingerprint density at radius 2 is 2.00 bits per heavy atom. The van der Waals surface area contributed by atoms with Gasteiger partial charge < -0.3 is 9.84 Å². The third-order valence-corrected chi connectivity index (χ3v) is 3.21. The van der Waals surface area contributed by atoms with Crippen LogP contribution in [0.2, 0.25) is 0 Å². The van der Waals surface area contributed by atoms with Gasteiger partial charge in [0.25, 0.3) is 0 Å². The molecular formula is C10H18O2. The maximum absolute atomic E-state index is 9.63. The van der Waals surface area contributed by atoms with Crippen LogP contribution in [0.15, 0.2) is 0 Å². The van der Waals surface area contributed by atoms with E-state index in [4.69, 9.17) is 4.74 Å². The highest BCUT2D eigenvalue weighted by molar-refractivity contribution is 4.89. The van der Waals surface area contributed by atoms with E-state index in [1.54, 1.807) is 0 Å². The van der Waals surface area contributed by atoms with E-state index in [1.165, 1.54) is 32.1 Å². The van der Waals surface area contributed by atoms with Gasteiger partial charge in [0.15, 0.2) is 0 Å². The van der Waals surface area contributed by atoms with Gasteiger partial charge in [-0.25, -0.2) is 0 Å². The lowest BCUT2D eigenvalue weighted by atomic mass is 9.90. The van der Waals surface area contributed by atoms with E-state index in [-0.39, 0.29) is 11.7 Å². The third kappa shape index (κ3) is 1.64. The Morgan fingerprint density at radius 3 is 2.75 bits per heavy atom. The SMILES string of the molecule is OC1CCCCC2(CCCO2)C1. The van der Waals surface area contributed by atoms with Crippen LogP contribution in [-0.2, 0) is 4.74 Å². The summed E-state index contributed by atoms with van der Waals surface area (Å²) < 4.78 is 5.77. The molecule has 0 aromatic rings. The van der Waals surface area contributed by atoms with Gasteiger partial charge in [-0.2, -0.15) is 0 Å². The topological polar surface area (TPSA) is 29.5 Å². The highest BCUT2D eigenvalue weighted by Gasteiger charge is 2.37. The van der Waals surface area contributed by atoms with Crippen molar-refractivity contribution in [3.8, 4) is 0 Å². The van der Waals surface area contributed by atoms with Crippen molar-refractivity contribution in [3.05, 3.63) is 0 Å². The molecule has 1 aliphatic heterocycles. The minimum atomic E-state index is -0.106. The number of aliphatic hydroxyl groups excluding tert-OH is 1.